The minimum atomic E-state index is -3.71. The van der Waals surface area contributed by atoms with E-state index in [1.54, 1.807) is 0 Å². The Balaban J connectivity index is 2.28. The largest absolute Gasteiger partial charge is 0.263 e. The molecular formula is C12H13FN2O2S2. The first-order chi connectivity index (χ1) is 8.92. The van der Waals surface area contributed by atoms with Crippen molar-refractivity contribution in [3.05, 3.63) is 40.7 Å². The van der Waals surface area contributed by atoms with Gasteiger partial charge < -0.3 is 0 Å². The predicted molar refractivity (Wildman–Crippen MR) is 73.4 cm³/mol. The molecule has 0 aliphatic carbocycles. The Morgan fingerprint density at radius 1 is 1.32 bits per heavy atom. The van der Waals surface area contributed by atoms with Gasteiger partial charge in [-0.3, -0.25) is 4.72 Å². The highest BCUT2D eigenvalue weighted by Crippen LogP contribution is 2.24. The second kappa shape index (κ2) is 5.26. The molecule has 0 bridgehead atoms. The third kappa shape index (κ3) is 3.10. The normalized spacial score (nSPS) is 11.5. The van der Waals surface area contributed by atoms with E-state index in [0.717, 1.165) is 29.1 Å². The number of aromatic nitrogens is 1. The zero-order valence-corrected chi connectivity index (χ0v) is 12.1. The maximum atomic E-state index is 12.8. The molecule has 0 aliphatic heterocycles. The molecule has 0 unspecified atom stereocenters. The molecule has 0 aliphatic rings. The summed E-state index contributed by atoms with van der Waals surface area (Å²) >= 11 is 1.29. The predicted octanol–water partition coefficient (Wildman–Crippen LogP) is 2.95. The summed E-state index contributed by atoms with van der Waals surface area (Å²) < 4.78 is 39.3. The van der Waals surface area contributed by atoms with Crippen LogP contribution in [0.2, 0.25) is 0 Å². The smallest absolute Gasteiger partial charge is 0.255 e. The zero-order chi connectivity index (χ0) is 14.0. The fourth-order valence-corrected chi connectivity index (χ4v) is 3.72. The van der Waals surface area contributed by atoms with E-state index in [0.29, 0.717) is 5.13 Å². The highest BCUT2D eigenvalue weighted by Gasteiger charge is 2.17. The van der Waals surface area contributed by atoms with Crippen molar-refractivity contribution in [2.24, 2.45) is 0 Å². The first-order valence-corrected chi connectivity index (χ1v) is 7.97. The van der Waals surface area contributed by atoms with Crippen LogP contribution in [0.15, 0.2) is 29.2 Å². The second-order valence-electron chi connectivity index (χ2n) is 3.93. The fraction of sp³-hybridized carbons (Fsp3) is 0.250. The van der Waals surface area contributed by atoms with Gasteiger partial charge in [-0.1, -0.05) is 6.92 Å². The first-order valence-electron chi connectivity index (χ1n) is 5.67. The van der Waals surface area contributed by atoms with Crippen molar-refractivity contribution in [3.8, 4) is 0 Å². The number of rotatable bonds is 4. The van der Waals surface area contributed by atoms with Crippen molar-refractivity contribution in [2.45, 2.75) is 25.2 Å². The quantitative estimate of drug-likeness (QED) is 0.944. The van der Waals surface area contributed by atoms with Gasteiger partial charge >= 0.3 is 0 Å². The molecule has 0 saturated heterocycles. The van der Waals surface area contributed by atoms with Gasteiger partial charge in [0, 0.05) is 4.88 Å². The lowest BCUT2D eigenvalue weighted by molar-refractivity contribution is 0.599. The van der Waals surface area contributed by atoms with Gasteiger partial charge in [0.25, 0.3) is 10.0 Å². The Kier molecular flexibility index (Phi) is 3.86. The minimum absolute atomic E-state index is 0.0137. The lowest BCUT2D eigenvalue weighted by atomic mass is 10.3. The summed E-state index contributed by atoms with van der Waals surface area (Å²) in [6.07, 6.45) is 0.751. The number of nitrogens with one attached hydrogen (secondary N) is 1. The third-order valence-corrected chi connectivity index (χ3v) is 4.99. The molecule has 0 amide bonds. The molecule has 2 rings (SSSR count). The SMILES string of the molecule is CCc1nc(NS(=O)(=O)c2ccc(F)cc2)sc1C. The van der Waals surface area contributed by atoms with E-state index in [4.69, 9.17) is 0 Å². The Bertz CT molecular complexity index is 678. The van der Waals surface area contributed by atoms with Crippen molar-refractivity contribution in [1.82, 2.24) is 4.98 Å². The Hall–Kier alpha value is -1.47. The number of nitrogens with zero attached hydrogens (tertiary/aromatic N) is 1. The van der Waals surface area contributed by atoms with Gasteiger partial charge in [-0.15, -0.1) is 11.3 Å². The van der Waals surface area contributed by atoms with Gasteiger partial charge in [0.15, 0.2) is 5.13 Å². The molecule has 2 aromatic rings. The van der Waals surface area contributed by atoms with Gasteiger partial charge in [-0.2, -0.15) is 0 Å². The average molecular weight is 300 g/mol. The van der Waals surface area contributed by atoms with E-state index >= 15 is 0 Å². The number of anilines is 1. The molecule has 0 spiro atoms. The van der Waals surface area contributed by atoms with Crippen LogP contribution < -0.4 is 4.72 Å². The molecule has 0 saturated carbocycles. The van der Waals surface area contributed by atoms with Gasteiger partial charge in [0.2, 0.25) is 0 Å². The number of sulfonamides is 1. The highest BCUT2D eigenvalue weighted by atomic mass is 32.2. The molecule has 7 heteroatoms. The molecule has 1 N–H and O–H groups in total. The molecule has 0 fully saturated rings. The van der Waals surface area contributed by atoms with E-state index in [2.05, 4.69) is 9.71 Å². The second-order valence-corrected chi connectivity index (χ2v) is 6.82. The van der Waals surface area contributed by atoms with Gasteiger partial charge in [0.05, 0.1) is 10.6 Å². The molecule has 1 aromatic heterocycles. The van der Waals surface area contributed by atoms with Crippen molar-refractivity contribution >= 4 is 26.5 Å². The topological polar surface area (TPSA) is 59.1 Å². The minimum Gasteiger partial charge on any atom is -0.255 e. The molecule has 102 valence electrons. The number of halogens is 1. The van der Waals surface area contributed by atoms with E-state index < -0.39 is 15.8 Å². The van der Waals surface area contributed by atoms with E-state index in [1.807, 2.05) is 13.8 Å². The fourth-order valence-electron chi connectivity index (χ4n) is 1.59. The third-order valence-electron chi connectivity index (χ3n) is 2.57. The van der Waals surface area contributed by atoms with Crippen LogP contribution in [0.25, 0.3) is 0 Å². The van der Waals surface area contributed by atoms with Crippen molar-refractivity contribution in [1.29, 1.82) is 0 Å². The lowest BCUT2D eigenvalue weighted by Crippen LogP contribution is -2.12. The summed E-state index contributed by atoms with van der Waals surface area (Å²) in [7, 11) is -3.71. The molecule has 1 aromatic carbocycles. The first kappa shape index (κ1) is 14.0. The van der Waals surface area contributed by atoms with Crippen LogP contribution in [-0.2, 0) is 16.4 Å². The van der Waals surface area contributed by atoms with Crippen LogP contribution in [-0.4, -0.2) is 13.4 Å². The Morgan fingerprint density at radius 2 is 1.95 bits per heavy atom. The molecule has 0 atom stereocenters. The summed E-state index contributed by atoms with van der Waals surface area (Å²) in [6.45, 7) is 3.85. The van der Waals surface area contributed by atoms with Crippen LogP contribution >= 0.6 is 11.3 Å². The monoisotopic (exact) mass is 300 g/mol. The van der Waals surface area contributed by atoms with Crippen LogP contribution in [0.3, 0.4) is 0 Å². The summed E-state index contributed by atoms with van der Waals surface area (Å²) in [5, 5.41) is 0.332. The standard InChI is InChI=1S/C12H13FN2O2S2/c1-3-11-8(2)18-12(14-11)15-19(16,17)10-6-4-9(13)5-7-10/h4-7H,3H2,1-2H3,(H,14,15). The molecule has 0 radical (unpaired) electrons. The number of hydrogen-bond acceptors (Lipinski definition) is 4. The molecule has 4 nitrogen and oxygen atoms in total. The number of hydrogen-bond donors (Lipinski definition) is 1. The van der Waals surface area contributed by atoms with E-state index in [1.165, 1.54) is 23.5 Å². The Morgan fingerprint density at radius 3 is 2.47 bits per heavy atom. The lowest BCUT2D eigenvalue weighted by Gasteiger charge is -2.04. The average Bonchev–Trinajstić information content (AvgIpc) is 2.69. The van der Waals surface area contributed by atoms with Crippen molar-refractivity contribution in [3.63, 3.8) is 0 Å². The van der Waals surface area contributed by atoms with Crippen molar-refractivity contribution in [2.75, 3.05) is 4.72 Å². The van der Waals surface area contributed by atoms with Crippen molar-refractivity contribution < 1.29 is 12.8 Å². The van der Waals surface area contributed by atoms with Crippen LogP contribution in [0, 0.1) is 12.7 Å². The number of benzene rings is 1. The van der Waals surface area contributed by atoms with Crippen LogP contribution in [0.5, 0.6) is 0 Å². The molecular weight excluding hydrogens is 287 g/mol. The number of thiazole rings is 1. The highest BCUT2D eigenvalue weighted by molar-refractivity contribution is 7.93. The zero-order valence-electron chi connectivity index (χ0n) is 10.5. The van der Waals surface area contributed by atoms with E-state index in [9.17, 15) is 12.8 Å². The maximum Gasteiger partial charge on any atom is 0.263 e. The summed E-state index contributed by atoms with van der Waals surface area (Å²) in [5.41, 5.74) is 0.877. The molecule has 1 heterocycles. The molecule has 19 heavy (non-hydrogen) atoms. The van der Waals surface area contributed by atoms with Gasteiger partial charge in [0.1, 0.15) is 5.82 Å². The van der Waals surface area contributed by atoms with Crippen LogP contribution in [0.4, 0.5) is 9.52 Å². The summed E-state index contributed by atoms with van der Waals surface area (Å²) in [4.78, 5) is 5.21. The van der Waals surface area contributed by atoms with Crippen LogP contribution in [0.1, 0.15) is 17.5 Å². The Labute approximate surface area is 115 Å². The van der Waals surface area contributed by atoms with Gasteiger partial charge in [-0.05, 0) is 37.6 Å². The number of aryl methyl sites for hydroxylation is 2. The van der Waals surface area contributed by atoms with Gasteiger partial charge in [-0.25, -0.2) is 17.8 Å². The summed E-state index contributed by atoms with van der Waals surface area (Å²) in [6, 6.07) is 4.66. The maximum absolute atomic E-state index is 12.8. The summed E-state index contributed by atoms with van der Waals surface area (Å²) in [5.74, 6) is -0.475. The van der Waals surface area contributed by atoms with E-state index in [-0.39, 0.29) is 4.90 Å².